The van der Waals surface area contributed by atoms with Crippen molar-refractivity contribution in [2.75, 3.05) is 20.0 Å². The molecule has 0 aromatic heterocycles. The SMILES string of the molecule is COc1ccc(OC)c2c1CSC[C@H]2N. The molecule has 1 atom stereocenters. The van der Waals surface area contributed by atoms with E-state index in [4.69, 9.17) is 15.2 Å². The maximum Gasteiger partial charge on any atom is 0.124 e. The Kier molecular flexibility index (Phi) is 3.07. The van der Waals surface area contributed by atoms with E-state index in [1.54, 1.807) is 14.2 Å². The average molecular weight is 225 g/mol. The molecule has 1 aromatic rings. The molecule has 0 unspecified atom stereocenters. The van der Waals surface area contributed by atoms with Gasteiger partial charge in [-0.25, -0.2) is 0 Å². The number of fused-ring (bicyclic) bond motifs is 1. The van der Waals surface area contributed by atoms with Gasteiger partial charge in [0, 0.05) is 28.7 Å². The fourth-order valence-electron chi connectivity index (χ4n) is 1.92. The Hall–Kier alpha value is -0.870. The standard InChI is InChI=1S/C11H15NO2S/c1-13-9-3-4-10(14-2)11-7(9)5-15-6-8(11)12/h3-4,8H,5-6,12H2,1-2H3/t8-/m1/s1. The highest BCUT2D eigenvalue weighted by Crippen LogP contribution is 2.41. The molecular weight excluding hydrogens is 210 g/mol. The number of nitrogens with two attached hydrogens (primary N) is 1. The lowest BCUT2D eigenvalue weighted by Crippen LogP contribution is -2.20. The summed E-state index contributed by atoms with van der Waals surface area (Å²) in [5.74, 6) is 3.67. The minimum absolute atomic E-state index is 0.0452. The molecule has 1 aliphatic heterocycles. The minimum Gasteiger partial charge on any atom is -0.496 e. The van der Waals surface area contributed by atoms with Crippen molar-refractivity contribution in [3.8, 4) is 11.5 Å². The number of thioether (sulfide) groups is 1. The van der Waals surface area contributed by atoms with Gasteiger partial charge in [0.15, 0.2) is 0 Å². The molecular formula is C11H15NO2S. The molecule has 1 aliphatic rings. The van der Waals surface area contributed by atoms with Crippen LogP contribution < -0.4 is 15.2 Å². The summed E-state index contributed by atoms with van der Waals surface area (Å²) in [4.78, 5) is 0. The second-order valence-electron chi connectivity index (χ2n) is 3.48. The maximum absolute atomic E-state index is 6.09. The third-order valence-electron chi connectivity index (χ3n) is 2.63. The first kappa shape index (κ1) is 10.6. The Labute approximate surface area is 93.9 Å². The molecule has 0 saturated heterocycles. The van der Waals surface area contributed by atoms with Gasteiger partial charge in [-0.05, 0) is 12.1 Å². The number of ether oxygens (including phenoxy) is 2. The van der Waals surface area contributed by atoms with Crippen LogP contribution in [-0.2, 0) is 5.75 Å². The van der Waals surface area contributed by atoms with Gasteiger partial charge in [-0.1, -0.05) is 0 Å². The normalized spacial score (nSPS) is 19.5. The van der Waals surface area contributed by atoms with Gasteiger partial charge < -0.3 is 15.2 Å². The molecule has 15 heavy (non-hydrogen) atoms. The summed E-state index contributed by atoms with van der Waals surface area (Å²) >= 11 is 1.83. The van der Waals surface area contributed by atoms with Crippen LogP contribution >= 0.6 is 11.8 Å². The number of benzene rings is 1. The Morgan fingerprint density at radius 3 is 2.60 bits per heavy atom. The molecule has 0 radical (unpaired) electrons. The first-order chi connectivity index (χ1) is 7.27. The third kappa shape index (κ3) is 1.79. The Morgan fingerprint density at radius 2 is 1.93 bits per heavy atom. The number of methoxy groups -OCH3 is 2. The summed E-state index contributed by atoms with van der Waals surface area (Å²) in [7, 11) is 3.36. The molecule has 0 amide bonds. The van der Waals surface area contributed by atoms with E-state index >= 15 is 0 Å². The van der Waals surface area contributed by atoms with Gasteiger partial charge in [0.05, 0.1) is 14.2 Å². The zero-order valence-corrected chi connectivity index (χ0v) is 9.76. The second kappa shape index (κ2) is 4.33. The van der Waals surface area contributed by atoms with Crippen molar-refractivity contribution in [2.24, 2.45) is 5.73 Å². The van der Waals surface area contributed by atoms with Crippen molar-refractivity contribution in [2.45, 2.75) is 11.8 Å². The highest BCUT2D eigenvalue weighted by molar-refractivity contribution is 7.98. The van der Waals surface area contributed by atoms with Crippen molar-refractivity contribution >= 4 is 11.8 Å². The number of rotatable bonds is 2. The molecule has 0 spiro atoms. The van der Waals surface area contributed by atoms with Crippen LogP contribution in [0.4, 0.5) is 0 Å². The molecule has 1 heterocycles. The lowest BCUT2D eigenvalue weighted by molar-refractivity contribution is 0.393. The number of hydrogen-bond donors (Lipinski definition) is 1. The van der Waals surface area contributed by atoms with Crippen molar-refractivity contribution in [1.29, 1.82) is 0 Å². The van der Waals surface area contributed by atoms with Gasteiger partial charge in [0.25, 0.3) is 0 Å². The Morgan fingerprint density at radius 1 is 1.27 bits per heavy atom. The van der Waals surface area contributed by atoms with Gasteiger partial charge in [0.1, 0.15) is 11.5 Å². The monoisotopic (exact) mass is 225 g/mol. The van der Waals surface area contributed by atoms with Gasteiger partial charge in [-0.2, -0.15) is 11.8 Å². The summed E-state index contributed by atoms with van der Waals surface area (Å²) in [6.45, 7) is 0. The molecule has 0 aliphatic carbocycles. The van der Waals surface area contributed by atoms with Crippen LogP contribution in [0.15, 0.2) is 12.1 Å². The van der Waals surface area contributed by atoms with Crippen LogP contribution in [0, 0.1) is 0 Å². The molecule has 2 rings (SSSR count). The van der Waals surface area contributed by atoms with Crippen LogP contribution in [0.2, 0.25) is 0 Å². The van der Waals surface area contributed by atoms with Gasteiger partial charge in [0.2, 0.25) is 0 Å². The van der Waals surface area contributed by atoms with E-state index in [2.05, 4.69) is 0 Å². The lowest BCUT2D eigenvalue weighted by atomic mass is 10.00. The first-order valence-electron chi connectivity index (χ1n) is 4.85. The van der Waals surface area contributed by atoms with Crippen LogP contribution in [0.1, 0.15) is 17.2 Å². The molecule has 0 bridgehead atoms. The third-order valence-corrected chi connectivity index (χ3v) is 3.72. The quantitative estimate of drug-likeness (QED) is 0.835. The topological polar surface area (TPSA) is 44.5 Å². The van der Waals surface area contributed by atoms with E-state index in [-0.39, 0.29) is 6.04 Å². The molecule has 0 saturated carbocycles. The van der Waals surface area contributed by atoms with Gasteiger partial charge in [-0.3, -0.25) is 0 Å². The molecule has 3 nitrogen and oxygen atoms in total. The molecule has 0 fully saturated rings. The molecule has 1 aromatic carbocycles. The van der Waals surface area contributed by atoms with Crippen LogP contribution in [0.25, 0.3) is 0 Å². The largest absolute Gasteiger partial charge is 0.496 e. The van der Waals surface area contributed by atoms with Gasteiger partial charge >= 0.3 is 0 Å². The Bertz CT molecular complexity index is 368. The van der Waals surface area contributed by atoms with E-state index in [0.29, 0.717) is 0 Å². The highest BCUT2D eigenvalue weighted by atomic mass is 32.2. The Balaban J connectivity index is 2.56. The minimum atomic E-state index is 0.0452. The smallest absolute Gasteiger partial charge is 0.124 e. The van der Waals surface area contributed by atoms with Crippen LogP contribution in [0.5, 0.6) is 11.5 Å². The second-order valence-corrected chi connectivity index (χ2v) is 4.51. The summed E-state index contributed by atoms with van der Waals surface area (Å²) in [6.07, 6.45) is 0. The molecule has 2 N–H and O–H groups in total. The number of hydrogen-bond acceptors (Lipinski definition) is 4. The fourth-order valence-corrected chi connectivity index (χ4v) is 2.96. The molecule has 4 heteroatoms. The summed E-state index contributed by atoms with van der Waals surface area (Å²) in [6, 6.07) is 3.91. The van der Waals surface area contributed by atoms with Gasteiger partial charge in [-0.15, -0.1) is 0 Å². The van der Waals surface area contributed by atoms with Crippen molar-refractivity contribution in [3.63, 3.8) is 0 Å². The lowest BCUT2D eigenvalue weighted by Gasteiger charge is -2.25. The predicted molar refractivity (Wildman–Crippen MR) is 62.6 cm³/mol. The zero-order valence-electron chi connectivity index (χ0n) is 8.95. The van der Waals surface area contributed by atoms with E-state index in [0.717, 1.165) is 28.6 Å². The predicted octanol–water partition coefficient (Wildman–Crippen LogP) is 1.95. The van der Waals surface area contributed by atoms with Crippen molar-refractivity contribution in [1.82, 2.24) is 0 Å². The van der Waals surface area contributed by atoms with Crippen LogP contribution in [-0.4, -0.2) is 20.0 Å². The summed E-state index contributed by atoms with van der Waals surface area (Å²) < 4.78 is 10.7. The van der Waals surface area contributed by atoms with Crippen molar-refractivity contribution < 1.29 is 9.47 Å². The summed E-state index contributed by atoms with van der Waals surface area (Å²) in [5.41, 5.74) is 8.38. The van der Waals surface area contributed by atoms with E-state index in [1.807, 2.05) is 23.9 Å². The summed E-state index contributed by atoms with van der Waals surface area (Å²) in [5, 5.41) is 0. The van der Waals surface area contributed by atoms with E-state index < -0.39 is 0 Å². The maximum atomic E-state index is 6.09. The fraction of sp³-hybridized carbons (Fsp3) is 0.455. The first-order valence-corrected chi connectivity index (χ1v) is 6.00. The van der Waals surface area contributed by atoms with E-state index in [9.17, 15) is 0 Å². The van der Waals surface area contributed by atoms with E-state index in [1.165, 1.54) is 5.56 Å². The molecule has 82 valence electrons. The van der Waals surface area contributed by atoms with Crippen molar-refractivity contribution in [3.05, 3.63) is 23.3 Å². The highest BCUT2D eigenvalue weighted by Gasteiger charge is 2.24. The van der Waals surface area contributed by atoms with Crippen LogP contribution in [0.3, 0.4) is 0 Å². The average Bonchev–Trinajstić information content (AvgIpc) is 2.28. The zero-order chi connectivity index (χ0) is 10.8.